The summed E-state index contributed by atoms with van der Waals surface area (Å²) >= 11 is 18.3. The highest BCUT2D eigenvalue weighted by molar-refractivity contribution is 6.36. The first-order valence-corrected chi connectivity index (χ1v) is 8.89. The second-order valence-corrected chi connectivity index (χ2v) is 6.57. The van der Waals surface area contributed by atoms with Crippen LogP contribution in [0.1, 0.15) is 18.1 Å². The van der Waals surface area contributed by atoms with Crippen molar-refractivity contribution in [2.45, 2.75) is 6.92 Å². The Morgan fingerprint density at radius 3 is 2.72 bits per heavy atom. The van der Waals surface area contributed by atoms with Gasteiger partial charge in [-0.25, -0.2) is 4.99 Å². The lowest BCUT2D eigenvalue weighted by atomic mass is 10.0. The molecule has 0 aromatic heterocycles. The van der Waals surface area contributed by atoms with Crippen molar-refractivity contribution < 1.29 is 0 Å². The van der Waals surface area contributed by atoms with Crippen LogP contribution in [0.4, 0.5) is 5.69 Å². The lowest BCUT2D eigenvalue weighted by Crippen LogP contribution is -2.22. The Morgan fingerprint density at radius 1 is 1.16 bits per heavy atom. The van der Waals surface area contributed by atoms with Crippen molar-refractivity contribution in [2.24, 2.45) is 15.1 Å². The van der Waals surface area contributed by atoms with E-state index in [2.05, 4.69) is 15.5 Å². The van der Waals surface area contributed by atoms with Gasteiger partial charge in [0.1, 0.15) is 5.84 Å². The van der Waals surface area contributed by atoms with Crippen LogP contribution in [0, 0.1) is 0 Å². The Hall–Kier alpha value is -1.88. The van der Waals surface area contributed by atoms with Crippen LogP contribution in [0.25, 0.3) is 0 Å². The van der Waals surface area contributed by atoms with Crippen molar-refractivity contribution >= 4 is 57.7 Å². The lowest BCUT2D eigenvalue weighted by Gasteiger charge is -2.10. The molecule has 0 amide bonds. The van der Waals surface area contributed by atoms with Crippen molar-refractivity contribution in [2.75, 3.05) is 12.4 Å². The number of halogens is 3. The summed E-state index contributed by atoms with van der Waals surface area (Å²) < 4.78 is 0. The molecule has 2 aromatic rings. The van der Waals surface area contributed by atoms with Crippen molar-refractivity contribution in [3.63, 3.8) is 0 Å². The Kier molecular flexibility index (Phi) is 5.74. The molecule has 0 atom stereocenters. The molecular weight excluding hydrogens is 379 g/mol. The van der Waals surface area contributed by atoms with Crippen LogP contribution < -0.4 is 5.43 Å². The number of hydrogen-bond acceptors (Lipinski definition) is 4. The van der Waals surface area contributed by atoms with Crippen LogP contribution >= 0.6 is 34.8 Å². The molecule has 1 heterocycles. The topological polar surface area (TPSA) is 49.1 Å². The van der Waals surface area contributed by atoms with Gasteiger partial charge in [0.2, 0.25) is 0 Å². The summed E-state index contributed by atoms with van der Waals surface area (Å²) in [4.78, 5) is 9.33. The number of nitrogens with zero attached hydrogens (tertiary/aromatic N) is 3. The van der Waals surface area contributed by atoms with Crippen LogP contribution in [0.3, 0.4) is 0 Å². The van der Waals surface area contributed by atoms with Gasteiger partial charge in [-0.05, 0) is 31.2 Å². The fraction of sp³-hybridized carbons (Fsp3) is 0.167. The molecule has 1 N–H and O–H groups in total. The number of rotatable bonds is 3. The van der Waals surface area contributed by atoms with Crippen LogP contribution in [-0.2, 0) is 0 Å². The maximum Gasteiger partial charge on any atom is 0.144 e. The first kappa shape index (κ1) is 17.9. The highest BCUT2D eigenvalue weighted by Crippen LogP contribution is 2.30. The summed E-state index contributed by atoms with van der Waals surface area (Å²) in [6.07, 6.45) is 0. The number of alkyl halides is 1. The van der Waals surface area contributed by atoms with E-state index >= 15 is 0 Å². The normalized spacial score (nSPS) is 14.3. The van der Waals surface area contributed by atoms with E-state index in [1.165, 1.54) is 0 Å². The highest BCUT2D eigenvalue weighted by Gasteiger charge is 2.18. The van der Waals surface area contributed by atoms with Gasteiger partial charge in [0.05, 0.1) is 23.8 Å². The summed E-state index contributed by atoms with van der Waals surface area (Å²) in [5.41, 5.74) is 6.87. The Labute approximate surface area is 161 Å². The van der Waals surface area contributed by atoms with Gasteiger partial charge in [0.25, 0.3) is 0 Å². The fourth-order valence-corrected chi connectivity index (χ4v) is 2.81. The molecule has 0 fully saturated rings. The maximum atomic E-state index is 6.37. The molecule has 25 heavy (non-hydrogen) atoms. The Bertz CT molecular complexity index is 888. The van der Waals surface area contributed by atoms with Gasteiger partial charge in [0.15, 0.2) is 0 Å². The Balaban J connectivity index is 2.08. The third kappa shape index (κ3) is 4.21. The van der Waals surface area contributed by atoms with Crippen LogP contribution in [0.15, 0.2) is 57.6 Å². The van der Waals surface area contributed by atoms with E-state index < -0.39 is 0 Å². The second kappa shape index (κ2) is 8.00. The zero-order valence-electron chi connectivity index (χ0n) is 13.4. The smallest absolute Gasteiger partial charge is 0.144 e. The van der Waals surface area contributed by atoms with Crippen LogP contribution in [0.5, 0.6) is 0 Å². The predicted molar refractivity (Wildman–Crippen MR) is 107 cm³/mol. The quantitative estimate of drug-likeness (QED) is 0.441. The van der Waals surface area contributed by atoms with E-state index in [1.54, 1.807) is 6.07 Å². The van der Waals surface area contributed by atoms with E-state index in [9.17, 15) is 0 Å². The standard InChI is InChI=1S/C18H15Cl3N4/c1-11(9-19)24-25-17-10-22-18(13-4-2-3-5-15(13)21)14-8-12(20)6-7-16(14)23-17/h2-8H,9-10H2,1H3,(H,23,25). The van der Waals surface area contributed by atoms with Crippen molar-refractivity contribution in [1.29, 1.82) is 0 Å². The zero-order chi connectivity index (χ0) is 17.8. The molecule has 0 bridgehead atoms. The minimum absolute atomic E-state index is 0.339. The molecule has 0 saturated carbocycles. The third-order valence-electron chi connectivity index (χ3n) is 3.55. The molecule has 0 aliphatic carbocycles. The molecular formula is C18H15Cl3N4. The van der Waals surface area contributed by atoms with E-state index in [-0.39, 0.29) is 0 Å². The van der Waals surface area contributed by atoms with Gasteiger partial charge in [-0.2, -0.15) is 5.10 Å². The number of fused-ring (bicyclic) bond motifs is 1. The number of amidine groups is 1. The van der Waals surface area contributed by atoms with Gasteiger partial charge in [-0.3, -0.25) is 10.4 Å². The summed E-state index contributed by atoms with van der Waals surface area (Å²) in [5, 5.41) is 5.43. The van der Waals surface area contributed by atoms with Gasteiger partial charge >= 0.3 is 0 Å². The zero-order valence-corrected chi connectivity index (χ0v) is 15.7. The number of nitrogens with one attached hydrogen (secondary N) is 1. The molecule has 4 nitrogen and oxygen atoms in total. The van der Waals surface area contributed by atoms with E-state index in [4.69, 9.17) is 39.8 Å². The van der Waals surface area contributed by atoms with Crippen molar-refractivity contribution in [3.8, 4) is 0 Å². The number of hydrogen-bond donors (Lipinski definition) is 1. The molecule has 0 radical (unpaired) electrons. The molecule has 128 valence electrons. The molecule has 0 unspecified atom stereocenters. The Morgan fingerprint density at radius 2 is 1.96 bits per heavy atom. The third-order valence-corrected chi connectivity index (χ3v) is 4.51. The monoisotopic (exact) mass is 392 g/mol. The van der Waals surface area contributed by atoms with E-state index in [0.29, 0.717) is 28.3 Å². The SMILES string of the molecule is CC(CCl)=NNC1=Nc2ccc(Cl)cc2C(c2ccccc2Cl)=NC1. The van der Waals surface area contributed by atoms with E-state index in [0.717, 1.165) is 28.2 Å². The average molecular weight is 394 g/mol. The largest absolute Gasteiger partial charge is 0.276 e. The summed E-state index contributed by atoms with van der Waals surface area (Å²) in [6.45, 7) is 2.18. The molecule has 1 aliphatic heterocycles. The molecule has 0 saturated heterocycles. The molecule has 1 aliphatic rings. The maximum absolute atomic E-state index is 6.37. The van der Waals surface area contributed by atoms with Gasteiger partial charge < -0.3 is 0 Å². The van der Waals surface area contributed by atoms with Crippen LogP contribution in [0.2, 0.25) is 10.0 Å². The number of hydrazone groups is 1. The first-order chi connectivity index (χ1) is 12.1. The number of benzene rings is 2. The van der Waals surface area contributed by atoms with Gasteiger partial charge in [0, 0.05) is 26.9 Å². The molecule has 7 heteroatoms. The van der Waals surface area contributed by atoms with Gasteiger partial charge in [-0.15, -0.1) is 11.6 Å². The fourth-order valence-electron chi connectivity index (χ4n) is 2.35. The van der Waals surface area contributed by atoms with Crippen LogP contribution in [-0.4, -0.2) is 29.7 Å². The minimum atomic E-state index is 0.339. The first-order valence-electron chi connectivity index (χ1n) is 7.60. The lowest BCUT2D eigenvalue weighted by molar-refractivity contribution is 0.987. The summed E-state index contributed by atoms with van der Waals surface area (Å²) in [5.74, 6) is 0.968. The number of aliphatic imine (C=N–C) groups is 2. The molecule has 2 aromatic carbocycles. The predicted octanol–water partition coefficient (Wildman–Crippen LogP) is 5.08. The minimum Gasteiger partial charge on any atom is -0.276 e. The van der Waals surface area contributed by atoms with Crippen molar-refractivity contribution in [1.82, 2.24) is 5.43 Å². The van der Waals surface area contributed by atoms with E-state index in [1.807, 2.05) is 43.3 Å². The van der Waals surface area contributed by atoms with Crippen molar-refractivity contribution in [3.05, 3.63) is 63.6 Å². The molecule has 3 rings (SSSR count). The average Bonchev–Trinajstić information content (AvgIpc) is 2.79. The summed E-state index contributed by atoms with van der Waals surface area (Å²) in [7, 11) is 0. The second-order valence-electron chi connectivity index (χ2n) is 5.46. The molecule has 0 spiro atoms. The highest BCUT2D eigenvalue weighted by atomic mass is 35.5. The van der Waals surface area contributed by atoms with Gasteiger partial charge in [-0.1, -0.05) is 41.4 Å². The summed E-state index contributed by atoms with van der Waals surface area (Å²) in [6, 6.07) is 13.1.